The highest BCUT2D eigenvalue weighted by molar-refractivity contribution is 7.91. The fourth-order valence-electron chi connectivity index (χ4n) is 1.38. The molecule has 1 aromatic rings. The molecule has 18 heavy (non-hydrogen) atoms. The summed E-state index contributed by atoms with van der Waals surface area (Å²) in [6.07, 6.45) is 5.80. The summed E-state index contributed by atoms with van der Waals surface area (Å²) >= 11 is 0. The summed E-state index contributed by atoms with van der Waals surface area (Å²) in [5, 5.41) is 2.76. The van der Waals surface area contributed by atoms with Crippen LogP contribution >= 0.6 is 0 Å². The molecule has 3 nitrogen and oxygen atoms in total. The molecular weight excluding hydrogens is 260 g/mol. The van der Waals surface area contributed by atoms with E-state index < -0.39 is 26.5 Å². The van der Waals surface area contributed by atoms with Crippen molar-refractivity contribution in [2.24, 2.45) is 0 Å². The average molecular weight is 273 g/mol. The molecule has 0 aliphatic rings. The van der Waals surface area contributed by atoms with E-state index in [1.165, 1.54) is 12.1 Å². The molecule has 1 unspecified atom stereocenters. The van der Waals surface area contributed by atoms with Crippen molar-refractivity contribution in [2.45, 2.75) is 30.0 Å². The first-order chi connectivity index (χ1) is 8.43. The lowest BCUT2D eigenvalue weighted by Crippen LogP contribution is -2.19. The van der Waals surface area contributed by atoms with Gasteiger partial charge in [0.15, 0.2) is 0 Å². The average Bonchev–Trinajstić information content (AvgIpc) is 2.36. The van der Waals surface area contributed by atoms with Crippen LogP contribution in [0.15, 0.2) is 29.2 Å². The summed E-state index contributed by atoms with van der Waals surface area (Å²) in [6.45, 7) is 1.81. The van der Waals surface area contributed by atoms with Gasteiger partial charge >= 0.3 is 5.76 Å². The third-order valence-electron chi connectivity index (χ3n) is 2.37. The zero-order valence-corrected chi connectivity index (χ0v) is 10.5. The number of para-hydroxylation sites is 1. The summed E-state index contributed by atoms with van der Waals surface area (Å²) in [7, 11) is -4.63. The minimum absolute atomic E-state index is 0.0996. The lowest BCUT2D eigenvalue weighted by Gasteiger charge is -2.15. The number of halogens is 2. The molecule has 0 aromatic heterocycles. The fourth-order valence-corrected chi connectivity index (χ4v) is 2.27. The second-order valence-corrected chi connectivity index (χ2v) is 5.46. The first-order valence-electron chi connectivity index (χ1n) is 5.27. The van der Waals surface area contributed by atoms with E-state index in [0.717, 1.165) is 6.07 Å². The molecule has 0 bridgehead atoms. The van der Waals surface area contributed by atoms with Gasteiger partial charge in [0.2, 0.25) is 9.84 Å². The number of benzene rings is 1. The number of anilines is 1. The minimum Gasteiger partial charge on any atom is -0.371 e. The van der Waals surface area contributed by atoms with Gasteiger partial charge in [-0.05, 0) is 18.6 Å². The van der Waals surface area contributed by atoms with Crippen LogP contribution in [0, 0.1) is 12.3 Å². The Kier molecular flexibility index (Phi) is 4.68. The number of hydrogen-bond donors (Lipinski definition) is 1. The van der Waals surface area contributed by atoms with E-state index in [1.807, 2.05) is 6.92 Å². The van der Waals surface area contributed by atoms with Crippen molar-refractivity contribution in [1.29, 1.82) is 0 Å². The van der Waals surface area contributed by atoms with Crippen LogP contribution in [-0.2, 0) is 9.84 Å². The Hall–Kier alpha value is -1.61. The molecule has 0 aliphatic carbocycles. The highest BCUT2D eigenvalue weighted by Gasteiger charge is 2.29. The predicted octanol–water partition coefficient (Wildman–Crippen LogP) is 2.51. The second-order valence-electron chi connectivity index (χ2n) is 3.57. The van der Waals surface area contributed by atoms with E-state index in [-0.39, 0.29) is 5.69 Å². The van der Waals surface area contributed by atoms with E-state index in [4.69, 9.17) is 6.42 Å². The number of terminal acetylenes is 1. The molecule has 0 saturated heterocycles. The standard InChI is InChI=1S/C12H13F2NO2S/c1-3-9(4-2)15-10-7-5-6-8-11(10)18(16,17)12(13)14/h1,5-9,12,15H,4H2,2H3. The summed E-state index contributed by atoms with van der Waals surface area (Å²) in [5.41, 5.74) is 0.0996. The molecule has 0 saturated carbocycles. The molecule has 1 rings (SSSR count). The van der Waals surface area contributed by atoms with Gasteiger partial charge in [0.1, 0.15) is 0 Å². The van der Waals surface area contributed by atoms with Gasteiger partial charge in [0.05, 0.1) is 16.6 Å². The number of alkyl halides is 2. The van der Waals surface area contributed by atoms with Crippen LogP contribution in [0.25, 0.3) is 0 Å². The molecule has 0 amide bonds. The normalized spacial score (nSPS) is 13.1. The second kappa shape index (κ2) is 5.83. The zero-order valence-electron chi connectivity index (χ0n) is 9.73. The van der Waals surface area contributed by atoms with E-state index in [0.29, 0.717) is 6.42 Å². The number of sulfone groups is 1. The van der Waals surface area contributed by atoms with Crippen molar-refractivity contribution >= 4 is 15.5 Å². The van der Waals surface area contributed by atoms with Crippen molar-refractivity contribution in [3.05, 3.63) is 24.3 Å². The number of nitrogens with one attached hydrogen (secondary N) is 1. The van der Waals surface area contributed by atoms with E-state index in [2.05, 4.69) is 11.2 Å². The molecule has 0 spiro atoms. The van der Waals surface area contributed by atoms with Gasteiger partial charge < -0.3 is 5.32 Å². The lowest BCUT2D eigenvalue weighted by molar-refractivity contribution is 0.235. The SMILES string of the molecule is C#CC(CC)Nc1ccccc1S(=O)(=O)C(F)F. The van der Waals surface area contributed by atoms with Crippen LogP contribution in [0.2, 0.25) is 0 Å². The van der Waals surface area contributed by atoms with Crippen LogP contribution in [-0.4, -0.2) is 20.2 Å². The number of rotatable bonds is 5. The first-order valence-corrected chi connectivity index (χ1v) is 6.81. The molecule has 0 radical (unpaired) electrons. The summed E-state index contributed by atoms with van der Waals surface area (Å²) in [4.78, 5) is -0.436. The maximum Gasteiger partial charge on any atom is 0.341 e. The Morgan fingerprint density at radius 1 is 1.39 bits per heavy atom. The molecule has 1 N–H and O–H groups in total. The Morgan fingerprint density at radius 2 is 2.00 bits per heavy atom. The first kappa shape index (κ1) is 14.5. The maximum absolute atomic E-state index is 12.5. The summed E-state index contributed by atoms with van der Waals surface area (Å²) < 4.78 is 48.0. The Morgan fingerprint density at radius 3 is 2.50 bits per heavy atom. The Balaban J connectivity index is 3.20. The highest BCUT2D eigenvalue weighted by atomic mass is 32.2. The summed E-state index contributed by atoms with van der Waals surface area (Å²) in [6, 6.07) is 5.08. The van der Waals surface area contributed by atoms with Gasteiger partial charge in [0, 0.05) is 0 Å². The third-order valence-corrected chi connectivity index (χ3v) is 3.81. The molecule has 6 heteroatoms. The minimum atomic E-state index is -4.63. The molecule has 0 fully saturated rings. The molecule has 1 aromatic carbocycles. The topological polar surface area (TPSA) is 46.2 Å². The maximum atomic E-state index is 12.5. The molecule has 98 valence electrons. The summed E-state index contributed by atoms with van der Waals surface area (Å²) in [5.74, 6) is -1.04. The Bertz CT molecular complexity index is 549. The quantitative estimate of drug-likeness (QED) is 0.838. The molecule has 0 aliphatic heterocycles. The van der Waals surface area contributed by atoms with Crippen LogP contribution in [0.5, 0.6) is 0 Å². The molecule has 1 atom stereocenters. The Labute approximate surface area is 105 Å². The third kappa shape index (κ3) is 2.99. The predicted molar refractivity (Wildman–Crippen MR) is 66.2 cm³/mol. The number of hydrogen-bond acceptors (Lipinski definition) is 3. The van der Waals surface area contributed by atoms with Gasteiger partial charge in [-0.2, -0.15) is 8.78 Å². The van der Waals surface area contributed by atoms with Gasteiger partial charge in [-0.25, -0.2) is 8.42 Å². The van der Waals surface area contributed by atoms with Crippen molar-refractivity contribution < 1.29 is 17.2 Å². The zero-order chi connectivity index (χ0) is 13.8. The molecule has 0 heterocycles. The van der Waals surface area contributed by atoms with Crippen LogP contribution in [0.3, 0.4) is 0 Å². The smallest absolute Gasteiger partial charge is 0.341 e. The largest absolute Gasteiger partial charge is 0.371 e. The highest BCUT2D eigenvalue weighted by Crippen LogP contribution is 2.26. The van der Waals surface area contributed by atoms with E-state index in [9.17, 15) is 17.2 Å². The van der Waals surface area contributed by atoms with Crippen molar-refractivity contribution in [3.8, 4) is 12.3 Å². The van der Waals surface area contributed by atoms with Gasteiger partial charge in [-0.15, -0.1) is 6.42 Å². The van der Waals surface area contributed by atoms with Crippen LogP contribution in [0.1, 0.15) is 13.3 Å². The van der Waals surface area contributed by atoms with E-state index >= 15 is 0 Å². The van der Waals surface area contributed by atoms with E-state index in [1.54, 1.807) is 6.07 Å². The van der Waals surface area contributed by atoms with Crippen molar-refractivity contribution in [1.82, 2.24) is 0 Å². The van der Waals surface area contributed by atoms with Gasteiger partial charge in [0.25, 0.3) is 0 Å². The van der Waals surface area contributed by atoms with Gasteiger partial charge in [-0.1, -0.05) is 25.0 Å². The lowest BCUT2D eigenvalue weighted by atomic mass is 10.2. The van der Waals surface area contributed by atoms with Crippen LogP contribution in [0.4, 0.5) is 14.5 Å². The monoisotopic (exact) mass is 273 g/mol. The fraction of sp³-hybridized carbons (Fsp3) is 0.333. The van der Waals surface area contributed by atoms with Crippen molar-refractivity contribution in [2.75, 3.05) is 5.32 Å². The molecular formula is C12H13F2NO2S. The van der Waals surface area contributed by atoms with Gasteiger partial charge in [-0.3, -0.25) is 0 Å². The van der Waals surface area contributed by atoms with Crippen LogP contribution < -0.4 is 5.32 Å². The van der Waals surface area contributed by atoms with Crippen molar-refractivity contribution in [3.63, 3.8) is 0 Å².